The van der Waals surface area contributed by atoms with Crippen LogP contribution in [0.2, 0.25) is 0 Å². The Morgan fingerprint density at radius 1 is 0.716 bits per heavy atom. The van der Waals surface area contributed by atoms with Crippen LogP contribution in [0.25, 0.3) is 22.3 Å². The molecule has 1 atom stereocenters. The molecule has 0 aliphatic carbocycles. The van der Waals surface area contributed by atoms with Crippen molar-refractivity contribution >= 4 is 145 Å². The molecule has 10 nitrogen and oxygen atoms in total. The molecule has 0 spiro atoms. The third-order valence-electron chi connectivity index (χ3n) is 12.1. The monoisotopic (exact) mass is 1440 g/mol. The Morgan fingerprint density at radius 2 is 1.32 bits per heavy atom. The summed E-state index contributed by atoms with van der Waals surface area (Å²) < 4.78 is 59.4. The second-order valence-corrected chi connectivity index (χ2v) is 32.5. The van der Waals surface area contributed by atoms with E-state index in [1.807, 2.05) is 31.5 Å². The number of sulfone groups is 2. The van der Waals surface area contributed by atoms with E-state index in [1.165, 1.54) is 91.3 Å². The van der Waals surface area contributed by atoms with Gasteiger partial charge in [0.15, 0.2) is 9.84 Å². The van der Waals surface area contributed by atoms with E-state index in [1.54, 1.807) is 81.9 Å². The number of nitrogens with two attached hydrogens (primary N) is 1. The average molecular weight is 1440 g/mol. The number of carbonyl (C=O) groups excluding carboxylic acids is 1. The molecule has 81 heavy (non-hydrogen) atoms. The molecule has 3 heterocycles. The van der Waals surface area contributed by atoms with Crippen LogP contribution in [0.5, 0.6) is 0 Å². The van der Waals surface area contributed by atoms with Gasteiger partial charge < -0.3 is 10.5 Å². The molecule has 0 saturated heterocycles. The number of ether oxygens (including phenoxy) is 1. The van der Waals surface area contributed by atoms with E-state index < -0.39 is 19.7 Å². The first kappa shape index (κ1) is 68.7. The highest BCUT2D eigenvalue weighted by atomic mass is 127. The van der Waals surface area contributed by atoms with E-state index in [9.17, 15) is 21.6 Å². The lowest BCUT2D eigenvalue weighted by molar-refractivity contribution is -0.144. The van der Waals surface area contributed by atoms with Crippen LogP contribution < -0.4 is 5.73 Å². The number of benzene rings is 5. The van der Waals surface area contributed by atoms with Gasteiger partial charge in [0.2, 0.25) is 9.84 Å². The predicted molar refractivity (Wildman–Crippen MR) is 359 cm³/mol. The molecule has 8 aromatic rings. The highest BCUT2D eigenvalue weighted by molar-refractivity contribution is 14.1. The number of esters is 1. The Hall–Kier alpha value is -3.07. The maximum atomic E-state index is 12.9. The van der Waals surface area contributed by atoms with Crippen LogP contribution in [-0.4, -0.2) is 68.9 Å². The molecule has 0 saturated carbocycles. The number of nitrogens with zero attached hydrogens (tertiary/aromatic N) is 3. The van der Waals surface area contributed by atoms with Crippen LogP contribution in [0.1, 0.15) is 85.9 Å². The molecule has 1 unspecified atom stereocenters. The fourth-order valence-electron chi connectivity index (χ4n) is 7.54. The quantitative estimate of drug-likeness (QED) is 0.0388. The summed E-state index contributed by atoms with van der Waals surface area (Å²) in [5, 5.41) is 2.91. The van der Waals surface area contributed by atoms with Crippen molar-refractivity contribution in [3.63, 3.8) is 0 Å². The molecule has 434 valence electrons. The number of halogens is 2. The number of hydrogen-bond acceptors (Lipinski definition) is 17. The van der Waals surface area contributed by atoms with E-state index in [4.69, 9.17) is 10.5 Å². The minimum absolute atomic E-state index is 0.0118. The van der Waals surface area contributed by atoms with Gasteiger partial charge in [0, 0.05) is 47.3 Å². The van der Waals surface area contributed by atoms with Gasteiger partial charge in [-0.05, 0) is 161 Å². The number of aryl methyl sites for hydroxylation is 4. The minimum Gasteiger partial charge on any atom is -0.465 e. The van der Waals surface area contributed by atoms with Gasteiger partial charge in [-0.1, -0.05) is 118 Å². The fourth-order valence-corrected chi connectivity index (χ4v) is 17.5. The summed E-state index contributed by atoms with van der Waals surface area (Å²) in [6.07, 6.45) is 17.6. The van der Waals surface area contributed by atoms with Crippen molar-refractivity contribution in [2.75, 3.05) is 31.1 Å². The van der Waals surface area contributed by atoms with Crippen LogP contribution in [0, 0.1) is 23.3 Å². The van der Waals surface area contributed by atoms with Crippen molar-refractivity contribution in [1.82, 2.24) is 15.0 Å². The first-order chi connectivity index (χ1) is 38.7. The van der Waals surface area contributed by atoms with Gasteiger partial charge in [-0.25, -0.2) is 31.8 Å². The van der Waals surface area contributed by atoms with Crippen molar-refractivity contribution in [2.45, 2.75) is 131 Å². The van der Waals surface area contributed by atoms with Crippen LogP contribution in [0.15, 0.2) is 163 Å². The number of thioether (sulfide) groups is 3. The summed E-state index contributed by atoms with van der Waals surface area (Å²) in [5.41, 5.74) is 11.4. The maximum Gasteiger partial charge on any atom is 0.306 e. The molecule has 0 bridgehead atoms. The molecule has 3 aromatic heterocycles. The number of rotatable bonds is 22. The number of hydrogen-bond donors (Lipinski definition) is 1. The molecule has 0 aliphatic rings. The topological polar surface area (TPSA) is 159 Å². The Balaban J connectivity index is 0.000000209. The van der Waals surface area contributed by atoms with Crippen LogP contribution >= 0.6 is 120 Å². The number of unbranched alkanes of at least 4 members (excludes halogenated alkanes) is 1. The second kappa shape index (κ2) is 34.8. The molecule has 2 N–H and O–H groups in total. The standard InChI is InChI=1S/C19H19NS3.C18H27IO2S2.C18H18N2O4S3.C5H6BrNS/c1-4-18-20-12-19(23-18)22-15-9-10-17(21-3)16(11-15)14-7-5-13(2)6-8-14;1-4-6-7-14(5-2)13-21-18(20)10-11-23-15-8-9-17(22-3)16(19)12-15;1-12-3-5-13(6-4-12)15-9-14(7-8-16(15)26(2,21)22)27(23,24)18-11-20-17(10-19)25-18;1-2-5-7-3-4(6)8-5/h5-12H,4H2,1-3H3;8-9,12,14H,4-7,10-11,13H2,1-3H3;3-9,11H,10,19H2,1-2H3;3H,2H2,1H3. The van der Waals surface area contributed by atoms with E-state index in [0.717, 1.165) is 58.4 Å². The van der Waals surface area contributed by atoms with Gasteiger partial charge in [0.25, 0.3) is 0 Å². The molecule has 0 fully saturated rings. The zero-order valence-electron chi connectivity index (χ0n) is 47.0. The van der Waals surface area contributed by atoms with Gasteiger partial charge in [0.05, 0.1) is 59.4 Å². The Bertz CT molecular complexity index is 3480. The lowest BCUT2D eigenvalue weighted by Gasteiger charge is -2.14. The van der Waals surface area contributed by atoms with E-state index in [-0.39, 0.29) is 26.5 Å². The number of aromatic nitrogens is 3. The molecule has 5 aromatic carbocycles. The van der Waals surface area contributed by atoms with Gasteiger partial charge in [0.1, 0.15) is 9.22 Å². The molecule has 0 amide bonds. The Kier molecular flexibility index (Phi) is 29.5. The number of carbonyl (C=O) groups is 1. The van der Waals surface area contributed by atoms with Crippen LogP contribution in [0.4, 0.5) is 0 Å². The van der Waals surface area contributed by atoms with E-state index in [2.05, 4.69) is 161 Å². The lowest BCUT2D eigenvalue weighted by Crippen LogP contribution is -2.14. The molecule has 8 rings (SSSR count). The molecular weight excluding hydrogens is 1370 g/mol. The summed E-state index contributed by atoms with van der Waals surface area (Å²) in [5.74, 6) is 1.23. The van der Waals surface area contributed by atoms with Crippen molar-refractivity contribution in [3.8, 4) is 22.3 Å². The second-order valence-electron chi connectivity index (χ2n) is 18.2. The summed E-state index contributed by atoms with van der Waals surface area (Å²) in [7, 11) is -7.36. The van der Waals surface area contributed by atoms with Crippen molar-refractivity contribution in [3.05, 3.63) is 155 Å². The summed E-state index contributed by atoms with van der Waals surface area (Å²) in [4.78, 5) is 29.6. The van der Waals surface area contributed by atoms with Crippen LogP contribution in [0.3, 0.4) is 0 Å². The maximum absolute atomic E-state index is 12.9. The SMILES string of the molecule is CCCCC(CC)COC(=O)CCSc1ccc(SC)c(I)c1.CCc1ncc(Br)s1.CCc1ncc(Sc2ccc(SC)c(-c3ccc(C)cc3)c2)s1.Cc1ccc(-c2cc(S(=O)(=O)c3cnc(CN)s3)ccc2S(C)(=O)=O)cc1. The van der Waals surface area contributed by atoms with Gasteiger partial charge in [-0.2, -0.15) is 0 Å². The van der Waals surface area contributed by atoms with E-state index in [0.29, 0.717) is 35.1 Å². The Morgan fingerprint density at radius 3 is 1.85 bits per heavy atom. The molecule has 0 aliphatic heterocycles. The summed E-state index contributed by atoms with van der Waals surface area (Å²) in [6.45, 7) is 13.4. The largest absolute Gasteiger partial charge is 0.465 e. The van der Waals surface area contributed by atoms with E-state index >= 15 is 0 Å². The smallest absolute Gasteiger partial charge is 0.306 e. The van der Waals surface area contributed by atoms with Crippen molar-refractivity contribution in [1.29, 1.82) is 0 Å². The highest BCUT2D eigenvalue weighted by Gasteiger charge is 2.25. The van der Waals surface area contributed by atoms with Gasteiger partial charge >= 0.3 is 5.97 Å². The predicted octanol–water partition coefficient (Wildman–Crippen LogP) is 18.1. The van der Waals surface area contributed by atoms with Crippen LogP contribution in [-0.2, 0) is 48.6 Å². The summed E-state index contributed by atoms with van der Waals surface area (Å²) in [6, 6.07) is 33.2. The van der Waals surface area contributed by atoms with Crippen molar-refractivity contribution in [2.24, 2.45) is 11.7 Å². The van der Waals surface area contributed by atoms with Gasteiger partial charge in [-0.15, -0.1) is 69.3 Å². The zero-order chi connectivity index (χ0) is 59.1. The summed E-state index contributed by atoms with van der Waals surface area (Å²) >= 11 is 17.3. The fraction of sp³-hybridized carbons (Fsp3) is 0.333. The third-order valence-corrected chi connectivity index (χ3v) is 24.2. The lowest BCUT2D eigenvalue weighted by atomic mass is 10.0. The minimum atomic E-state index is -3.82. The molecule has 0 radical (unpaired) electrons. The van der Waals surface area contributed by atoms with Gasteiger partial charge in [-0.3, -0.25) is 4.79 Å². The first-order valence-corrected chi connectivity index (χ1v) is 38.1. The number of thiazole rings is 3. The molecule has 21 heteroatoms. The molecular formula is C60H70BrIN4O6S9. The third kappa shape index (κ3) is 22.1. The Labute approximate surface area is 532 Å². The van der Waals surface area contributed by atoms with Crippen molar-refractivity contribution < 1.29 is 26.4 Å². The zero-order valence-corrected chi connectivity index (χ0v) is 58.1. The average Bonchev–Trinajstić information content (AvgIpc) is 4.42. The normalized spacial score (nSPS) is 11.6. The highest BCUT2D eigenvalue weighted by Crippen LogP contribution is 2.39. The first-order valence-electron chi connectivity index (χ1n) is 26.2.